The van der Waals surface area contributed by atoms with Crippen LogP contribution in [0.25, 0.3) is 6.08 Å². The van der Waals surface area contributed by atoms with Gasteiger partial charge in [0, 0.05) is 18.9 Å². The van der Waals surface area contributed by atoms with Gasteiger partial charge in [0.25, 0.3) is 0 Å². The second kappa shape index (κ2) is 6.16. The number of nitrogens with zero attached hydrogens (tertiary/aromatic N) is 1. The van der Waals surface area contributed by atoms with Gasteiger partial charge < -0.3 is 0 Å². The molecule has 0 N–H and O–H groups in total. The summed E-state index contributed by atoms with van der Waals surface area (Å²) in [6.45, 7) is 1.54. The highest BCUT2D eigenvalue weighted by Crippen LogP contribution is 2.20. The van der Waals surface area contributed by atoms with Crippen LogP contribution in [0.15, 0.2) is 18.3 Å². The van der Waals surface area contributed by atoms with Gasteiger partial charge in [-0.05, 0) is 11.6 Å². The van der Waals surface area contributed by atoms with Gasteiger partial charge in [0.1, 0.15) is 5.15 Å². The number of carbonyl (C=O) groups is 1. The van der Waals surface area contributed by atoms with Crippen molar-refractivity contribution < 1.29 is 4.79 Å². The monoisotopic (exact) mass is 261 g/mol. The number of thioether (sulfide) groups is 1. The van der Waals surface area contributed by atoms with E-state index in [2.05, 4.69) is 4.98 Å². The number of pyridine rings is 1. The van der Waals surface area contributed by atoms with Crippen LogP contribution in [0.2, 0.25) is 10.2 Å². The Bertz CT molecular complexity index is 393. The molecule has 0 bridgehead atoms. The van der Waals surface area contributed by atoms with Crippen LogP contribution < -0.4 is 0 Å². The molecule has 1 heterocycles. The van der Waals surface area contributed by atoms with Crippen LogP contribution >= 0.6 is 35.0 Å². The molecule has 0 spiro atoms. The van der Waals surface area contributed by atoms with E-state index in [9.17, 15) is 4.79 Å². The molecule has 0 aliphatic rings. The maximum absolute atomic E-state index is 10.6. The van der Waals surface area contributed by atoms with Gasteiger partial charge in [-0.25, -0.2) is 4.98 Å². The van der Waals surface area contributed by atoms with Crippen molar-refractivity contribution in [3.8, 4) is 0 Å². The zero-order chi connectivity index (χ0) is 11.3. The maximum atomic E-state index is 10.6. The summed E-state index contributed by atoms with van der Waals surface area (Å²) in [5.41, 5.74) is 0.869. The first-order chi connectivity index (χ1) is 7.09. The lowest BCUT2D eigenvalue weighted by atomic mass is 10.3. The van der Waals surface area contributed by atoms with E-state index in [-0.39, 0.29) is 5.12 Å². The summed E-state index contributed by atoms with van der Waals surface area (Å²) in [4.78, 5) is 14.5. The minimum absolute atomic E-state index is 0.104. The lowest BCUT2D eigenvalue weighted by molar-refractivity contribution is -0.109. The fraction of sp³-hybridized carbons (Fsp3) is 0.200. The Hall–Kier alpha value is -0.510. The Morgan fingerprint density at radius 2 is 2.33 bits per heavy atom. The third-order valence-corrected chi connectivity index (χ3v) is 2.96. The lowest BCUT2D eigenvalue weighted by Gasteiger charge is -1.96. The van der Waals surface area contributed by atoms with Crippen LogP contribution in [0.4, 0.5) is 0 Å². The predicted octanol–water partition coefficient (Wildman–Crippen LogP) is 3.68. The summed E-state index contributed by atoms with van der Waals surface area (Å²) in [6, 6.07) is 1.73. The minimum atomic E-state index is 0.104. The molecule has 0 atom stereocenters. The first-order valence-electron chi connectivity index (χ1n) is 4.20. The molecule has 1 aromatic heterocycles. The number of aromatic nitrogens is 1. The molecular formula is C10H9Cl2NOS. The molecule has 15 heavy (non-hydrogen) atoms. The third kappa shape index (κ3) is 4.69. The molecule has 80 valence electrons. The van der Waals surface area contributed by atoms with Gasteiger partial charge in [-0.2, -0.15) is 0 Å². The van der Waals surface area contributed by atoms with E-state index in [0.717, 1.165) is 5.56 Å². The normalized spacial score (nSPS) is 10.9. The average molecular weight is 262 g/mol. The van der Waals surface area contributed by atoms with Gasteiger partial charge in [-0.1, -0.05) is 47.1 Å². The Morgan fingerprint density at radius 3 is 2.93 bits per heavy atom. The van der Waals surface area contributed by atoms with Crippen molar-refractivity contribution >= 4 is 46.2 Å². The quantitative estimate of drug-likeness (QED) is 0.778. The van der Waals surface area contributed by atoms with E-state index in [0.29, 0.717) is 15.9 Å². The molecule has 0 radical (unpaired) electrons. The van der Waals surface area contributed by atoms with E-state index < -0.39 is 0 Å². The van der Waals surface area contributed by atoms with E-state index in [1.807, 2.05) is 12.2 Å². The van der Waals surface area contributed by atoms with Crippen LogP contribution in [0.3, 0.4) is 0 Å². The number of hydrogen-bond donors (Lipinski definition) is 0. The number of carbonyl (C=O) groups excluding carboxylic acids is 1. The molecule has 0 aromatic carbocycles. The largest absolute Gasteiger partial charge is 0.288 e. The van der Waals surface area contributed by atoms with Crippen LogP contribution in [0, 0.1) is 0 Å². The van der Waals surface area contributed by atoms with Crippen LogP contribution in [-0.2, 0) is 4.79 Å². The highest BCUT2D eigenvalue weighted by Gasteiger charge is 1.98. The van der Waals surface area contributed by atoms with Crippen LogP contribution in [-0.4, -0.2) is 15.9 Å². The average Bonchev–Trinajstić information content (AvgIpc) is 2.18. The minimum Gasteiger partial charge on any atom is -0.288 e. The van der Waals surface area contributed by atoms with E-state index in [4.69, 9.17) is 23.2 Å². The molecule has 0 saturated heterocycles. The second-order valence-electron chi connectivity index (χ2n) is 2.75. The molecule has 0 unspecified atom stereocenters. The van der Waals surface area contributed by atoms with E-state index in [1.54, 1.807) is 19.2 Å². The smallest absolute Gasteiger partial charge is 0.186 e. The third-order valence-electron chi connectivity index (χ3n) is 1.51. The molecule has 0 fully saturated rings. The summed E-state index contributed by atoms with van der Waals surface area (Å²) in [5, 5.41) is 0.830. The highest BCUT2D eigenvalue weighted by molar-refractivity contribution is 8.13. The van der Waals surface area contributed by atoms with Crippen molar-refractivity contribution in [1.82, 2.24) is 4.98 Å². The van der Waals surface area contributed by atoms with Crippen molar-refractivity contribution in [3.05, 3.63) is 34.1 Å². The van der Waals surface area contributed by atoms with Gasteiger partial charge >= 0.3 is 0 Å². The summed E-state index contributed by atoms with van der Waals surface area (Å²) in [6.07, 6.45) is 5.36. The van der Waals surface area contributed by atoms with Crippen LogP contribution in [0.1, 0.15) is 12.5 Å². The van der Waals surface area contributed by atoms with E-state index >= 15 is 0 Å². The Morgan fingerprint density at radius 1 is 1.60 bits per heavy atom. The number of halogens is 2. The molecule has 1 rings (SSSR count). The fourth-order valence-corrected chi connectivity index (χ4v) is 1.58. The maximum Gasteiger partial charge on any atom is 0.186 e. The SMILES string of the molecule is CC(=O)SCC=Cc1cnc(Cl)c(Cl)c1. The highest BCUT2D eigenvalue weighted by atomic mass is 35.5. The van der Waals surface area contributed by atoms with Crippen molar-refractivity contribution in [2.75, 3.05) is 5.75 Å². The Kier molecular flexibility index (Phi) is 5.15. The van der Waals surface area contributed by atoms with Gasteiger partial charge in [0.05, 0.1) is 5.02 Å². The molecule has 0 amide bonds. The van der Waals surface area contributed by atoms with E-state index in [1.165, 1.54) is 11.8 Å². The second-order valence-corrected chi connectivity index (χ2v) is 4.71. The summed E-state index contributed by atoms with van der Waals surface area (Å²) >= 11 is 12.7. The molecule has 0 aliphatic carbocycles. The first kappa shape index (κ1) is 12.6. The predicted molar refractivity (Wildman–Crippen MR) is 66.4 cm³/mol. The van der Waals surface area contributed by atoms with Gasteiger partial charge in [0.2, 0.25) is 0 Å². The Balaban J connectivity index is 2.57. The van der Waals surface area contributed by atoms with Crippen LogP contribution in [0.5, 0.6) is 0 Å². The standard InChI is InChI=1S/C10H9Cl2NOS/c1-7(14)15-4-2-3-8-5-9(11)10(12)13-6-8/h2-3,5-6H,4H2,1H3. The molecule has 1 aromatic rings. The van der Waals surface area contributed by atoms with Gasteiger partial charge in [0.15, 0.2) is 5.12 Å². The Labute approximate surface area is 103 Å². The molecule has 0 aliphatic heterocycles. The lowest BCUT2D eigenvalue weighted by Crippen LogP contribution is -1.82. The molecule has 5 heteroatoms. The number of hydrogen-bond acceptors (Lipinski definition) is 3. The summed E-state index contributed by atoms with van der Waals surface area (Å²) in [5.74, 6) is 0.648. The van der Waals surface area contributed by atoms with Gasteiger partial charge in [-0.15, -0.1) is 0 Å². The molecule has 2 nitrogen and oxygen atoms in total. The number of rotatable bonds is 3. The molecule has 0 saturated carbocycles. The van der Waals surface area contributed by atoms with Crippen molar-refractivity contribution in [1.29, 1.82) is 0 Å². The molecular weight excluding hydrogens is 253 g/mol. The fourth-order valence-electron chi connectivity index (χ4n) is 0.877. The zero-order valence-corrected chi connectivity index (χ0v) is 10.4. The van der Waals surface area contributed by atoms with Crippen molar-refractivity contribution in [2.45, 2.75) is 6.92 Å². The topological polar surface area (TPSA) is 30.0 Å². The summed E-state index contributed by atoms with van der Waals surface area (Å²) in [7, 11) is 0. The van der Waals surface area contributed by atoms with Crippen molar-refractivity contribution in [2.24, 2.45) is 0 Å². The summed E-state index contributed by atoms with van der Waals surface area (Å²) < 4.78 is 0. The van der Waals surface area contributed by atoms with Gasteiger partial charge in [-0.3, -0.25) is 4.79 Å². The zero-order valence-electron chi connectivity index (χ0n) is 8.04. The first-order valence-corrected chi connectivity index (χ1v) is 5.94. The van der Waals surface area contributed by atoms with Crippen molar-refractivity contribution in [3.63, 3.8) is 0 Å².